The molecule has 0 saturated carbocycles. The van der Waals surface area contributed by atoms with E-state index in [0.717, 1.165) is 4.52 Å². The number of rotatable bonds is 5. The maximum absolute atomic E-state index is 12.3. The van der Waals surface area contributed by atoms with Crippen molar-refractivity contribution >= 4 is 17.2 Å². The van der Waals surface area contributed by atoms with Gasteiger partial charge in [-0.1, -0.05) is 25.4 Å². The molecule has 10 heteroatoms. The number of alkyl halides is 2. The maximum Gasteiger partial charge on any atom is 0.352 e. The molecule has 132 valence electrons. The number of H-pyrrole nitrogens is 1. The Kier molecular flexibility index (Phi) is 4.67. The van der Waals surface area contributed by atoms with Crippen LogP contribution in [0.3, 0.4) is 0 Å². The van der Waals surface area contributed by atoms with Crippen molar-refractivity contribution in [3.8, 4) is 17.1 Å². The van der Waals surface area contributed by atoms with E-state index in [2.05, 4.69) is 20.1 Å². The van der Waals surface area contributed by atoms with Crippen molar-refractivity contribution in [3.63, 3.8) is 0 Å². The monoisotopic (exact) mass is 369 g/mol. The number of fused-ring (bicyclic) bond motifs is 1. The first-order valence-corrected chi connectivity index (χ1v) is 7.80. The zero-order valence-corrected chi connectivity index (χ0v) is 14.1. The van der Waals surface area contributed by atoms with Gasteiger partial charge in [0.25, 0.3) is 12.4 Å². The van der Waals surface area contributed by atoms with Gasteiger partial charge in [0.1, 0.15) is 5.15 Å². The van der Waals surface area contributed by atoms with E-state index in [4.69, 9.17) is 16.3 Å². The zero-order chi connectivity index (χ0) is 18.1. The standard InChI is InChI=1S/C15H14ClF2N5O2/c1-7(2)12-11(8-3-4-9(16)19-5-8)13-20-14(25-6-10(17)18)21-15(24)23(13)22-12/h3-5,7,10H,6H2,1-2H3,(H,20,21,24). The summed E-state index contributed by atoms with van der Waals surface area (Å²) >= 11 is 5.82. The molecule has 0 radical (unpaired) electrons. The fraction of sp³-hybridized carbons (Fsp3) is 0.333. The summed E-state index contributed by atoms with van der Waals surface area (Å²) in [6, 6.07) is 3.03. The average molecular weight is 370 g/mol. The van der Waals surface area contributed by atoms with Crippen LogP contribution in [0.25, 0.3) is 16.8 Å². The Balaban J connectivity index is 2.22. The lowest BCUT2D eigenvalue weighted by Gasteiger charge is -2.06. The molecule has 0 aliphatic carbocycles. The molecule has 0 spiro atoms. The molecular formula is C15H14ClF2N5O2. The quantitative estimate of drug-likeness (QED) is 0.699. The van der Waals surface area contributed by atoms with Crippen LogP contribution in [0.1, 0.15) is 25.5 Å². The van der Waals surface area contributed by atoms with E-state index in [1.807, 2.05) is 13.8 Å². The molecule has 0 aromatic carbocycles. The molecule has 3 heterocycles. The Morgan fingerprint density at radius 2 is 2.12 bits per heavy atom. The molecule has 3 rings (SSSR count). The van der Waals surface area contributed by atoms with Crippen LogP contribution in [-0.4, -0.2) is 37.6 Å². The molecule has 0 fully saturated rings. The molecular weight excluding hydrogens is 356 g/mol. The highest BCUT2D eigenvalue weighted by molar-refractivity contribution is 6.29. The molecule has 3 aromatic heterocycles. The van der Waals surface area contributed by atoms with Crippen LogP contribution in [-0.2, 0) is 0 Å². The maximum atomic E-state index is 12.3. The molecule has 0 aliphatic heterocycles. The summed E-state index contributed by atoms with van der Waals surface area (Å²) < 4.78 is 30.6. The van der Waals surface area contributed by atoms with Gasteiger partial charge in [-0.2, -0.15) is 14.6 Å². The Bertz CT molecular complexity index is 953. The first kappa shape index (κ1) is 17.3. The number of nitrogens with zero attached hydrogens (tertiary/aromatic N) is 4. The van der Waals surface area contributed by atoms with E-state index in [0.29, 0.717) is 22.0 Å². The number of aromatic nitrogens is 5. The fourth-order valence-corrected chi connectivity index (χ4v) is 2.47. The van der Waals surface area contributed by atoms with Crippen molar-refractivity contribution in [1.29, 1.82) is 0 Å². The van der Waals surface area contributed by atoms with Gasteiger partial charge in [0.15, 0.2) is 12.3 Å². The molecule has 3 aromatic rings. The fourth-order valence-electron chi connectivity index (χ4n) is 2.35. The van der Waals surface area contributed by atoms with Crippen LogP contribution in [0.2, 0.25) is 5.15 Å². The molecule has 0 aliphatic rings. The topological polar surface area (TPSA) is 85.2 Å². The van der Waals surface area contributed by atoms with E-state index in [9.17, 15) is 13.6 Å². The third-order valence-electron chi connectivity index (χ3n) is 3.41. The first-order valence-electron chi connectivity index (χ1n) is 7.42. The lowest BCUT2D eigenvalue weighted by molar-refractivity contribution is 0.0768. The number of halogens is 3. The van der Waals surface area contributed by atoms with Crippen molar-refractivity contribution in [2.75, 3.05) is 6.61 Å². The largest absolute Gasteiger partial charge is 0.459 e. The summed E-state index contributed by atoms with van der Waals surface area (Å²) in [4.78, 5) is 22.7. The number of hydrogen-bond donors (Lipinski definition) is 1. The van der Waals surface area contributed by atoms with Crippen LogP contribution >= 0.6 is 11.6 Å². The molecule has 0 atom stereocenters. The van der Waals surface area contributed by atoms with Crippen LogP contribution in [0.5, 0.6) is 6.01 Å². The van der Waals surface area contributed by atoms with Crippen molar-refractivity contribution in [3.05, 3.63) is 39.7 Å². The van der Waals surface area contributed by atoms with E-state index in [1.165, 1.54) is 6.20 Å². The Labute approximate surface area is 145 Å². The highest BCUT2D eigenvalue weighted by atomic mass is 35.5. The third-order valence-corrected chi connectivity index (χ3v) is 3.63. The summed E-state index contributed by atoms with van der Waals surface area (Å²) in [6.07, 6.45) is -1.15. The highest BCUT2D eigenvalue weighted by Gasteiger charge is 2.21. The molecule has 0 saturated heterocycles. The molecule has 0 bridgehead atoms. The lowest BCUT2D eigenvalue weighted by atomic mass is 10.0. The number of pyridine rings is 1. The van der Waals surface area contributed by atoms with E-state index < -0.39 is 18.7 Å². The van der Waals surface area contributed by atoms with Crippen LogP contribution < -0.4 is 10.4 Å². The summed E-state index contributed by atoms with van der Waals surface area (Å²) in [6.45, 7) is 2.95. The van der Waals surface area contributed by atoms with E-state index >= 15 is 0 Å². The number of ether oxygens (including phenoxy) is 1. The van der Waals surface area contributed by atoms with Gasteiger partial charge in [0.05, 0.1) is 11.3 Å². The van der Waals surface area contributed by atoms with Crippen LogP contribution in [0.4, 0.5) is 8.78 Å². The normalized spacial score (nSPS) is 11.6. The van der Waals surface area contributed by atoms with Gasteiger partial charge in [-0.25, -0.2) is 18.6 Å². The third kappa shape index (κ3) is 3.46. The minimum Gasteiger partial charge on any atom is -0.459 e. The van der Waals surface area contributed by atoms with Crippen molar-refractivity contribution in [1.82, 2.24) is 24.6 Å². The molecule has 0 amide bonds. The summed E-state index contributed by atoms with van der Waals surface area (Å²) in [5.74, 6) is -0.0165. The predicted octanol–water partition coefficient (Wildman–Crippen LogP) is 2.90. The average Bonchev–Trinajstić information content (AvgIpc) is 2.94. The Morgan fingerprint density at radius 3 is 2.72 bits per heavy atom. The van der Waals surface area contributed by atoms with Gasteiger partial charge < -0.3 is 4.74 Å². The predicted molar refractivity (Wildman–Crippen MR) is 87.4 cm³/mol. The van der Waals surface area contributed by atoms with Gasteiger partial charge >= 0.3 is 5.69 Å². The molecule has 0 unspecified atom stereocenters. The second kappa shape index (κ2) is 6.75. The smallest absolute Gasteiger partial charge is 0.352 e. The minimum atomic E-state index is -2.68. The first-order chi connectivity index (χ1) is 11.9. The summed E-state index contributed by atoms with van der Waals surface area (Å²) in [7, 11) is 0. The number of hydrogen-bond acceptors (Lipinski definition) is 5. The Morgan fingerprint density at radius 1 is 1.36 bits per heavy atom. The van der Waals surface area contributed by atoms with Gasteiger partial charge in [-0.3, -0.25) is 4.98 Å². The number of aromatic amines is 1. The second-order valence-corrected chi connectivity index (χ2v) is 5.96. The lowest BCUT2D eigenvalue weighted by Crippen LogP contribution is -2.21. The minimum absolute atomic E-state index is 0.0165. The molecule has 25 heavy (non-hydrogen) atoms. The number of nitrogens with one attached hydrogen (secondary N) is 1. The van der Waals surface area contributed by atoms with E-state index in [1.54, 1.807) is 12.1 Å². The molecule has 1 N–H and O–H groups in total. The summed E-state index contributed by atoms with van der Waals surface area (Å²) in [5.41, 5.74) is 1.41. The van der Waals surface area contributed by atoms with Gasteiger partial charge in [0, 0.05) is 11.8 Å². The Hall–Kier alpha value is -2.55. The van der Waals surface area contributed by atoms with Gasteiger partial charge in [-0.05, 0) is 18.1 Å². The highest BCUT2D eigenvalue weighted by Crippen LogP contribution is 2.31. The van der Waals surface area contributed by atoms with Gasteiger partial charge in [-0.15, -0.1) is 0 Å². The second-order valence-electron chi connectivity index (χ2n) is 5.57. The zero-order valence-electron chi connectivity index (χ0n) is 13.3. The van der Waals surface area contributed by atoms with Crippen LogP contribution in [0.15, 0.2) is 23.1 Å². The van der Waals surface area contributed by atoms with Crippen molar-refractivity contribution in [2.45, 2.75) is 26.2 Å². The van der Waals surface area contributed by atoms with E-state index in [-0.39, 0.29) is 17.6 Å². The SMILES string of the molecule is CC(C)c1nn2c(=O)[nH]c(OCC(F)F)nc2c1-c1ccc(Cl)nc1. The summed E-state index contributed by atoms with van der Waals surface area (Å²) in [5, 5.41) is 4.61. The molecule has 7 nitrogen and oxygen atoms in total. The van der Waals surface area contributed by atoms with Crippen molar-refractivity contribution in [2.24, 2.45) is 0 Å². The van der Waals surface area contributed by atoms with Crippen LogP contribution in [0, 0.1) is 0 Å². The van der Waals surface area contributed by atoms with Gasteiger partial charge in [0.2, 0.25) is 0 Å². The van der Waals surface area contributed by atoms with Crippen molar-refractivity contribution < 1.29 is 13.5 Å².